The van der Waals surface area contributed by atoms with Crippen molar-refractivity contribution >= 4 is 40.3 Å². The zero-order valence-corrected chi connectivity index (χ0v) is 21.9. The molecule has 3 heterocycles. The monoisotopic (exact) mass is 544 g/mol. The lowest BCUT2D eigenvalue weighted by Gasteiger charge is -2.26. The molecule has 2 aromatic heterocycles. The summed E-state index contributed by atoms with van der Waals surface area (Å²) in [6.45, 7) is 4.37. The van der Waals surface area contributed by atoms with Crippen molar-refractivity contribution in [3.63, 3.8) is 0 Å². The molecule has 0 amide bonds. The van der Waals surface area contributed by atoms with Crippen LogP contribution in [0.1, 0.15) is 37.7 Å². The summed E-state index contributed by atoms with van der Waals surface area (Å²) in [4.78, 5) is 16.4. The van der Waals surface area contributed by atoms with Gasteiger partial charge in [0, 0.05) is 13.1 Å². The minimum absolute atomic E-state index is 0.246. The molecule has 6 nitrogen and oxygen atoms in total. The number of nitrogens with one attached hydrogen (secondary N) is 1. The van der Waals surface area contributed by atoms with Gasteiger partial charge in [0.25, 0.3) is 0 Å². The maximum atomic E-state index is 13.6. The van der Waals surface area contributed by atoms with Crippen molar-refractivity contribution in [3.8, 4) is 11.4 Å². The van der Waals surface area contributed by atoms with Crippen LogP contribution in [0, 0.1) is 11.6 Å². The Morgan fingerprint density at radius 2 is 1.65 bits per heavy atom. The predicted molar refractivity (Wildman–Crippen MR) is 144 cm³/mol. The average molecular weight is 545 g/mol. The SMILES string of the molecule is Fc1ccc(CNc2ncc3nc(-c4c(Cl)cccc4Cl)n(CCCCN4CCCCC4)c3n2)cc1F. The maximum Gasteiger partial charge on any atom is 0.225 e. The number of likely N-dealkylation sites (tertiary alicyclic amines) is 1. The quantitative estimate of drug-likeness (QED) is 0.231. The summed E-state index contributed by atoms with van der Waals surface area (Å²) in [5, 5.41) is 4.13. The van der Waals surface area contributed by atoms with Crippen LogP contribution in [0.2, 0.25) is 10.0 Å². The van der Waals surface area contributed by atoms with Crippen molar-refractivity contribution in [2.75, 3.05) is 25.0 Å². The first kappa shape index (κ1) is 25.8. The maximum absolute atomic E-state index is 13.6. The number of imidazole rings is 1. The number of aryl methyl sites for hydroxylation is 1. The van der Waals surface area contributed by atoms with Gasteiger partial charge in [0.2, 0.25) is 5.95 Å². The lowest BCUT2D eigenvalue weighted by molar-refractivity contribution is 0.223. The van der Waals surface area contributed by atoms with Crippen molar-refractivity contribution in [1.82, 2.24) is 24.4 Å². The van der Waals surface area contributed by atoms with E-state index >= 15 is 0 Å². The summed E-state index contributed by atoms with van der Waals surface area (Å²) in [6.07, 6.45) is 7.53. The summed E-state index contributed by atoms with van der Waals surface area (Å²) in [6, 6.07) is 9.18. The average Bonchev–Trinajstić information content (AvgIpc) is 3.25. The van der Waals surface area contributed by atoms with Gasteiger partial charge in [-0.25, -0.2) is 18.7 Å². The Morgan fingerprint density at radius 3 is 2.41 bits per heavy atom. The van der Waals surface area contributed by atoms with Crippen molar-refractivity contribution in [2.24, 2.45) is 0 Å². The van der Waals surface area contributed by atoms with Gasteiger partial charge in [-0.05, 0) is 75.1 Å². The summed E-state index contributed by atoms with van der Waals surface area (Å²) in [5.74, 6) is -0.755. The molecule has 1 aliphatic heterocycles. The Hall–Kier alpha value is -2.81. The molecule has 10 heteroatoms. The molecule has 4 aromatic rings. The second-order valence-corrected chi connectivity index (χ2v) is 10.1. The zero-order valence-electron chi connectivity index (χ0n) is 20.4. The molecule has 1 saturated heterocycles. The van der Waals surface area contributed by atoms with E-state index < -0.39 is 11.6 Å². The highest BCUT2D eigenvalue weighted by atomic mass is 35.5. The summed E-state index contributed by atoms with van der Waals surface area (Å²) in [5.41, 5.74) is 2.53. The third kappa shape index (κ3) is 6.03. The number of hydrogen-bond donors (Lipinski definition) is 1. The van der Waals surface area contributed by atoms with Gasteiger partial charge in [0.15, 0.2) is 17.3 Å². The highest BCUT2D eigenvalue weighted by Crippen LogP contribution is 2.35. The summed E-state index contributed by atoms with van der Waals surface area (Å²) >= 11 is 13.1. The molecule has 0 atom stereocenters. The Bertz CT molecular complexity index is 1370. The molecule has 1 fully saturated rings. The molecule has 0 saturated carbocycles. The van der Waals surface area contributed by atoms with Crippen LogP contribution in [-0.4, -0.2) is 44.1 Å². The van der Waals surface area contributed by atoms with E-state index in [-0.39, 0.29) is 6.54 Å². The van der Waals surface area contributed by atoms with Crippen LogP contribution in [0.15, 0.2) is 42.6 Å². The largest absolute Gasteiger partial charge is 0.350 e. The number of piperidine rings is 1. The molecular weight excluding hydrogens is 517 g/mol. The molecule has 5 rings (SSSR count). The van der Waals surface area contributed by atoms with Gasteiger partial charge in [-0.1, -0.05) is 41.8 Å². The van der Waals surface area contributed by atoms with Crippen LogP contribution in [-0.2, 0) is 13.1 Å². The Labute approximate surface area is 224 Å². The lowest BCUT2D eigenvalue weighted by Crippen LogP contribution is -2.30. The van der Waals surface area contributed by atoms with Gasteiger partial charge in [0.1, 0.15) is 11.3 Å². The Balaban J connectivity index is 1.41. The summed E-state index contributed by atoms with van der Waals surface area (Å²) in [7, 11) is 0. The molecule has 37 heavy (non-hydrogen) atoms. The lowest BCUT2D eigenvalue weighted by atomic mass is 10.1. The van der Waals surface area contributed by atoms with Crippen LogP contribution < -0.4 is 5.32 Å². The fourth-order valence-corrected chi connectivity index (χ4v) is 5.30. The minimum Gasteiger partial charge on any atom is -0.350 e. The molecule has 0 unspecified atom stereocenters. The number of aromatic nitrogens is 4. The molecule has 0 aliphatic carbocycles. The van der Waals surface area contributed by atoms with Crippen molar-refractivity contribution in [2.45, 2.75) is 45.2 Å². The molecule has 2 aromatic carbocycles. The topological polar surface area (TPSA) is 58.9 Å². The molecule has 1 N–H and O–H groups in total. The summed E-state index contributed by atoms with van der Waals surface area (Å²) < 4.78 is 28.9. The van der Waals surface area contributed by atoms with Crippen molar-refractivity contribution in [3.05, 3.63) is 69.8 Å². The number of benzene rings is 2. The molecule has 0 bridgehead atoms. The van der Waals surface area contributed by atoms with Crippen LogP contribution in [0.4, 0.5) is 14.7 Å². The predicted octanol–water partition coefficient (Wildman–Crippen LogP) is 6.96. The molecule has 0 radical (unpaired) electrons. The van der Waals surface area contributed by atoms with E-state index in [4.69, 9.17) is 33.2 Å². The Morgan fingerprint density at radius 1 is 0.892 bits per heavy atom. The number of fused-ring (bicyclic) bond motifs is 1. The van der Waals surface area contributed by atoms with Crippen LogP contribution >= 0.6 is 23.2 Å². The molecular formula is C27H28Cl2F2N6. The molecule has 0 spiro atoms. The number of nitrogens with zero attached hydrogens (tertiary/aromatic N) is 5. The second-order valence-electron chi connectivity index (χ2n) is 9.30. The van der Waals surface area contributed by atoms with Gasteiger partial charge in [-0.2, -0.15) is 4.98 Å². The van der Waals surface area contributed by atoms with E-state index in [1.807, 2.05) is 4.57 Å². The Kier molecular flexibility index (Phi) is 8.17. The van der Waals surface area contributed by atoms with E-state index in [0.29, 0.717) is 50.7 Å². The van der Waals surface area contributed by atoms with Crippen LogP contribution in [0.25, 0.3) is 22.6 Å². The first-order valence-electron chi connectivity index (χ1n) is 12.6. The van der Waals surface area contributed by atoms with Gasteiger partial charge < -0.3 is 14.8 Å². The van der Waals surface area contributed by atoms with Crippen molar-refractivity contribution < 1.29 is 8.78 Å². The van der Waals surface area contributed by atoms with Crippen molar-refractivity contribution in [1.29, 1.82) is 0 Å². The first-order valence-corrected chi connectivity index (χ1v) is 13.3. The number of anilines is 1. The van der Waals surface area contributed by atoms with E-state index in [1.54, 1.807) is 24.4 Å². The highest BCUT2D eigenvalue weighted by molar-refractivity contribution is 6.39. The fourth-order valence-electron chi connectivity index (χ4n) is 4.74. The number of rotatable bonds is 9. The van der Waals surface area contributed by atoms with Gasteiger partial charge in [-0.3, -0.25) is 0 Å². The van der Waals surface area contributed by atoms with Crippen LogP contribution in [0.3, 0.4) is 0 Å². The van der Waals surface area contributed by atoms with E-state index in [9.17, 15) is 8.78 Å². The zero-order chi connectivity index (χ0) is 25.8. The standard InChI is InChI=1S/C27H28Cl2F2N6/c28-19-7-6-8-20(29)24(19)26-34-23-17-33-27(32-16-18-9-10-21(30)22(31)15-18)35-25(23)37(26)14-5-4-13-36-11-2-1-3-12-36/h6-10,15,17H,1-5,11-14,16H2,(H,32,33,35). The number of unbranched alkanes of at least 4 members (excludes halogenated alkanes) is 1. The van der Waals surface area contributed by atoms with E-state index in [0.717, 1.165) is 31.5 Å². The first-order chi connectivity index (χ1) is 18.0. The number of halogens is 4. The number of hydrogen-bond acceptors (Lipinski definition) is 5. The highest BCUT2D eigenvalue weighted by Gasteiger charge is 2.20. The van der Waals surface area contributed by atoms with Gasteiger partial charge in [-0.15, -0.1) is 0 Å². The fraction of sp³-hybridized carbons (Fsp3) is 0.370. The second kappa shape index (κ2) is 11.7. The smallest absolute Gasteiger partial charge is 0.225 e. The third-order valence-electron chi connectivity index (χ3n) is 6.66. The van der Waals surface area contributed by atoms with E-state index in [1.165, 1.54) is 38.4 Å². The normalized spacial score (nSPS) is 14.4. The van der Waals surface area contributed by atoms with Gasteiger partial charge >= 0.3 is 0 Å². The van der Waals surface area contributed by atoms with Crippen LogP contribution in [0.5, 0.6) is 0 Å². The third-order valence-corrected chi connectivity index (χ3v) is 7.29. The molecule has 1 aliphatic rings. The van der Waals surface area contributed by atoms with Gasteiger partial charge in [0.05, 0.1) is 21.8 Å². The van der Waals surface area contributed by atoms with E-state index in [2.05, 4.69) is 15.2 Å². The minimum atomic E-state index is -0.889. The molecule has 194 valence electrons.